The van der Waals surface area contributed by atoms with Gasteiger partial charge in [0.15, 0.2) is 0 Å². The highest BCUT2D eigenvalue weighted by Crippen LogP contribution is 2.23. The number of benzene rings is 1. The lowest BCUT2D eigenvalue weighted by Crippen LogP contribution is -2.08. The monoisotopic (exact) mass is 242 g/mol. The lowest BCUT2D eigenvalue weighted by atomic mass is 10.2. The fraction of sp³-hybridized carbons (Fsp3) is 0.417. The normalized spacial score (nSPS) is 9.94. The van der Waals surface area contributed by atoms with Crippen LogP contribution in [-0.2, 0) is 4.74 Å². The third kappa shape index (κ3) is 3.42. The summed E-state index contributed by atoms with van der Waals surface area (Å²) in [5, 5.41) is 0.493. The summed E-state index contributed by atoms with van der Waals surface area (Å²) >= 11 is 5.83. The van der Waals surface area contributed by atoms with E-state index in [-0.39, 0.29) is 0 Å². The summed E-state index contributed by atoms with van der Waals surface area (Å²) in [7, 11) is 0. The van der Waals surface area contributed by atoms with Gasteiger partial charge in [-0.1, -0.05) is 18.5 Å². The van der Waals surface area contributed by atoms with Crippen LogP contribution in [0.4, 0.5) is 0 Å². The molecule has 4 heteroatoms. The van der Waals surface area contributed by atoms with E-state index in [0.29, 0.717) is 29.5 Å². The zero-order valence-electron chi connectivity index (χ0n) is 9.46. The molecule has 0 spiro atoms. The fourth-order valence-corrected chi connectivity index (χ4v) is 1.38. The number of rotatable bonds is 5. The van der Waals surface area contributed by atoms with Gasteiger partial charge in [0.05, 0.1) is 13.2 Å². The number of carbonyl (C=O) groups excluding carboxylic acids is 1. The molecule has 0 aliphatic rings. The largest absolute Gasteiger partial charge is 0.493 e. The molecule has 0 aromatic heterocycles. The smallest absolute Gasteiger partial charge is 0.341 e. The highest BCUT2D eigenvalue weighted by molar-refractivity contribution is 6.31. The first kappa shape index (κ1) is 12.8. The van der Waals surface area contributed by atoms with E-state index in [1.165, 1.54) is 0 Å². The van der Waals surface area contributed by atoms with Crippen molar-refractivity contribution in [3.05, 3.63) is 28.8 Å². The summed E-state index contributed by atoms with van der Waals surface area (Å²) in [4.78, 5) is 11.6. The Morgan fingerprint density at radius 3 is 2.75 bits per heavy atom. The van der Waals surface area contributed by atoms with Crippen LogP contribution in [0.15, 0.2) is 18.2 Å². The summed E-state index contributed by atoms with van der Waals surface area (Å²) in [5.74, 6) is 0.112. The Bertz CT molecular complexity index is 363. The molecule has 3 nitrogen and oxygen atoms in total. The average Bonchev–Trinajstić information content (AvgIpc) is 2.27. The summed E-state index contributed by atoms with van der Waals surface area (Å²) < 4.78 is 10.4. The maximum atomic E-state index is 11.6. The first-order chi connectivity index (χ1) is 7.69. The number of ether oxygens (including phenoxy) is 2. The summed E-state index contributed by atoms with van der Waals surface area (Å²) in [5.41, 5.74) is 0.378. The molecule has 0 saturated carbocycles. The zero-order valence-corrected chi connectivity index (χ0v) is 10.2. The second-order valence-corrected chi connectivity index (χ2v) is 3.65. The topological polar surface area (TPSA) is 35.5 Å². The Morgan fingerprint density at radius 1 is 1.38 bits per heavy atom. The summed E-state index contributed by atoms with van der Waals surface area (Å²) in [6.45, 7) is 4.65. The second kappa shape index (κ2) is 6.38. The minimum absolute atomic E-state index is 0.332. The lowest BCUT2D eigenvalue weighted by Gasteiger charge is -2.10. The number of carbonyl (C=O) groups is 1. The summed E-state index contributed by atoms with van der Waals surface area (Å²) in [6, 6.07) is 4.93. The van der Waals surface area contributed by atoms with Crippen molar-refractivity contribution in [2.24, 2.45) is 0 Å². The molecule has 0 heterocycles. The molecule has 0 N–H and O–H groups in total. The molecule has 0 atom stereocenters. The van der Waals surface area contributed by atoms with Crippen LogP contribution in [0.3, 0.4) is 0 Å². The molecule has 0 aliphatic carbocycles. The molecule has 0 aliphatic heterocycles. The van der Waals surface area contributed by atoms with Gasteiger partial charge < -0.3 is 9.47 Å². The molecular weight excluding hydrogens is 228 g/mol. The van der Waals surface area contributed by atoms with Crippen LogP contribution in [0.5, 0.6) is 5.75 Å². The van der Waals surface area contributed by atoms with Gasteiger partial charge in [-0.2, -0.15) is 0 Å². The van der Waals surface area contributed by atoms with Gasteiger partial charge in [0, 0.05) is 5.02 Å². The molecule has 0 bridgehead atoms. The van der Waals surface area contributed by atoms with Crippen molar-refractivity contribution in [3.63, 3.8) is 0 Å². The van der Waals surface area contributed by atoms with Gasteiger partial charge in [0.2, 0.25) is 0 Å². The Kier molecular flexibility index (Phi) is 5.12. The quantitative estimate of drug-likeness (QED) is 0.743. The molecule has 1 aromatic rings. The van der Waals surface area contributed by atoms with Crippen molar-refractivity contribution in [3.8, 4) is 5.75 Å². The molecule has 88 valence electrons. The summed E-state index contributed by atoms with van der Waals surface area (Å²) in [6.07, 6.45) is 0.880. The molecular formula is C12H15ClO3. The molecule has 1 aromatic carbocycles. The first-order valence-electron chi connectivity index (χ1n) is 5.28. The van der Waals surface area contributed by atoms with E-state index in [9.17, 15) is 4.79 Å². The fourth-order valence-electron chi connectivity index (χ4n) is 1.21. The van der Waals surface area contributed by atoms with Crippen LogP contribution >= 0.6 is 11.6 Å². The van der Waals surface area contributed by atoms with Crippen molar-refractivity contribution in [2.75, 3.05) is 13.2 Å². The van der Waals surface area contributed by atoms with E-state index < -0.39 is 5.97 Å². The Balaban J connectivity index is 2.93. The van der Waals surface area contributed by atoms with Gasteiger partial charge in [0.1, 0.15) is 11.3 Å². The minimum Gasteiger partial charge on any atom is -0.493 e. The number of esters is 1. The van der Waals surface area contributed by atoms with E-state index in [1.54, 1.807) is 25.1 Å². The number of hydrogen-bond donors (Lipinski definition) is 0. The molecule has 0 unspecified atom stereocenters. The van der Waals surface area contributed by atoms with Crippen LogP contribution in [0.25, 0.3) is 0 Å². The van der Waals surface area contributed by atoms with E-state index >= 15 is 0 Å². The van der Waals surface area contributed by atoms with Crippen LogP contribution in [-0.4, -0.2) is 19.2 Å². The molecule has 16 heavy (non-hydrogen) atoms. The van der Waals surface area contributed by atoms with Crippen molar-refractivity contribution in [1.82, 2.24) is 0 Å². The van der Waals surface area contributed by atoms with Crippen LogP contribution in [0.1, 0.15) is 30.6 Å². The third-order valence-electron chi connectivity index (χ3n) is 1.90. The molecule has 0 fully saturated rings. The highest BCUT2D eigenvalue weighted by Gasteiger charge is 2.14. The molecule has 0 radical (unpaired) electrons. The maximum absolute atomic E-state index is 11.6. The Labute approximate surface area is 100 Å². The third-order valence-corrected chi connectivity index (χ3v) is 2.13. The van der Waals surface area contributed by atoms with Crippen LogP contribution in [0, 0.1) is 0 Å². The lowest BCUT2D eigenvalue weighted by molar-refractivity contribution is 0.0521. The van der Waals surface area contributed by atoms with E-state index in [0.717, 1.165) is 6.42 Å². The predicted molar refractivity (Wildman–Crippen MR) is 63.2 cm³/mol. The average molecular weight is 243 g/mol. The van der Waals surface area contributed by atoms with Crippen molar-refractivity contribution >= 4 is 17.6 Å². The molecule has 1 rings (SSSR count). The SMILES string of the molecule is CCCOc1ccc(Cl)cc1C(=O)OCC. The standard InChI is InChI=1S/C12H15ClO3/c1-3-7-16-11-6-5-9(13)8-10(11)12(14)15-4-2/h5-6,8H,3-4,7H2,1-2H3. The first-order valence-corrected chi connectivity index (χ1v) is 5.66. The van der Waals surface area contributed by atoms with Gasteiger partial charge in [-0.25, -0.2) is 4.79 Å². The van der Waals surface area contributed by atoms with Crippen molar-refractivity contribution in [1.29, 1.82) is 0 Å². The van der Waals surface area contributed by atoms with Gasteiger partial charge in [-0.05, 0) is 31.5 Å². The minimum atomic E-state index is -0.406. The Hall–Kier alpha value is -1.22. The molecule has 0 amide bonds. The molecule has 0 saturated heterocycles. The number of hydrogen-bond acceptors (Lipinski definition) is 3. The van der Waals surface area contributed by atoms with Gasteiger partial charge >= 0.3 is 5.97 Å². The van der Waals surface area contributed by atoms with Crippen molar-refractivity contribution < 1.29 is 14.3 Å². The van der Waals surface area contributed by atoms with Crippen LogP contribution in [0.2, 0.25) is 5.02 Å². The van der Waals surface area contributed by atoms with Gasteiger partial charge in [0.25, 0.3) is 0 Å². The van der Waals surface area contributed by atoms with Gasteiger partial charge in [-0.15, -0.1) is 0 Å². The van der Waals surface area contributed by atoms with Gasteiger partial charge in [-0.3, -0.25) is 0 Å². The second-order valence-electron chi connectivity index (χ2n) is 3.21. The Morgan fingerprint density at radius 2 is 2.12 bits per heavy atom. The van der Waals surface area contributed by atoms with E-state index in [4.69, 9.17) is 21.1 Å². The maximum Gasteiger partial charge on any atom is 0.341 e. The highest BCUT2D eigenvalue weighted by atomic mass is 35.5. The van der Waals surface area contributed by atoms with E-state index in [1.807, 2.05) is 6.92 Å². The zero-order chi connectivity index (χ0) is 12.0. The van der Waals surface area contributed by atoms with Crippen LogP contribution < -0.4 is 4.74 Å². The predicted octanol–water partition coefficient (Wildman–Crippen LogP) is 3.31. The van der Waals surface area contributed by atoms with Crippen molar-refractivity contribution in [2.45, 2.75) is 20.3 Å². The number of halogens is 1. The van der Waals surface area contributed by atoms with E-state index in [2.05, 4.69) is 0 Å².